The van der Waals surface area contributed by atoms with Crippen molar-refractivity contribution in [3.63, 3.8) is 0 Å². The zero-order valence-corrected chi connectivity index (χ0v) is 22.6. The van der Waals surface area contributed by atoms with Crippen LogP contribution >= 0.6 is 23.2 Å². The number of rotatable bonds is 5. The molecule has 0 aliphatic carbocycles. The Bertz CT molecular complexity index is 789. The van der Waals surface area contributed by atoms with Crippen LogP contribution in [0.4, 0.5) is 4.79 Å². The smallest absolute Gasteiger partial charge is 0.410 e. The van der Waals surface area contributed by atoms with Crippen molar-refractivity contribution in [2.45, 2.75) is 77.3 Å². The van der Waals surface area contributed by atoms with E-state index in [1.165, 1.54) is 0 Å². The first kappa shape index (κ1) is 26.5. The lowest BCUT2D eigenvalue weighted by Gasteiger charge is -2.44. The number of ether oxygens (including phenoxy) is 2. The number of carbonyl (C=O) groups is 1. The van der Waals surface area contributed by atoms with Crippen LogP contribution in [0.1, 0.15) is 53.5 Å². The number of hydrogen-bond donors (Lipinski definition) is 0. The normalized spacial score (nSPS) is 20.6. The third-order valence-electron chi connectivity index (χ3n) is 6.06. The zero-order valence-electron chi connectivity index (χ0n) is 20.1. The third kappa shape index (κ3) is 6.84. The number of amides is 1. The first-order valence-corrected chi connectivity index (χ1v) is 14.4. The molecule has 0 N–H and O–H groups in total. The second-order valence-electron chi connectivity index (χ2n) is 10.7. The van der Waals surface area contributed by atoms with Gasteiger partial charge in [-0.25, -0.2) is 4.79 Å². The van der Waals surface area contributed by atoms with Gasteiger partial charge in [0.05, 0.1) is 23.2 Å². The summed E-state index contributed by atoms with van der Waals surface area (Å²) >= 11 is 12.5. The molecule has 0 radical (unpaired) electrons. The van der Waals surface area contributed by atoms with Crippen LogP contribution in [0, 0.1) is 0 Å². The van der Waals surface area contributed by atoms with Crippen LogP contribution in [-0.4, -0.2) is 51.2 Å². The van der Waals surface area contributed by atoms with Crippen molar-refractivity contribution in [3.8, 4) is 0 Å². The SMILES string of the molecule is CC(C)(C)OC(=O)N1CCOC(CCO[Si](C)(C)C(C)(C)C)(c2ccc(Cl)c(Cl)c2)C1. The summed E-state index contributed by atoms with van der Waals surface area (Å²) < 4.78 is 18.4. The van der Waals surface area contributed by atoms with Gasteiger partial charge in [0, 0.05) is 19.6 Å². The van der Waals surface area contributed by atoms with Crippen LogP contribution in [0.25, 0.3) is 0 Å². The lowest BCUT2D eigenvalue weighted by molar-refractivity contribution is -0.122. The Balaban J connectivity index is 2.30. The number of morpholine rings is 1. The number of hydrogen-bond acceptors (Lipinski definition) is 4. The molecule has 1 fully saturated rings. The molecule has 1 amide bonds. The van der Waals surface area contributed by atoms with E-state index in [2.05, 4.69) is 33.9 Å². The highest BCUT2D eigenvalue weighted by Crippen LogP contribution is 2.40. The Morgan fingerprint density at radius 1 is 1.16 bits per heavy atom. The minimum atomic E-state index is -1.92. The lowest BCUT2D eigenvalue weighted by atomic mass is 9.88. The van der Waals surface area contributed by atoms with E-state index in [1.54, 1.807) is 11.0 Å². The summed E-state index contributed by atoms with van der Waals surface area (Å²) in [7, 11) is -1.92. The third-order valence-corrected chi connectivity index (χ3v) is 11.3. The van der Waals surface area contributed by atoms with Gasteiger partial charge in [0.25, 0.3) is 0 Å². The average Bonchev–Trinajstić information content (AvgIpc) is 2.61. The molecule has 8 heteroatoms. The highest BCUT2D eigenvalue weighted by atomic mass is 35.5. The van der Waals surface area contributed by atoms with Crippen LogP contribution in [0.5, 0.6) is 0 Å². The molecule has 31 heavy (non-hydrogen) atoms. The van der Waals surface area contributed by atoms with Gasteiger partial charge in [-0.05, 0) is 56.6 Å². The van der Waals surface area contributed by atoms with Crippen LogP contribution in [0.2, 0.25) is 28.2 Å². The summed E-state index contributed by atoms with van der Waals surface area (Å²) in [6.07, 6.45) is 0.252. The predicted molar refractivity (Wildman–Crippen MR) is 130 cm³/mol. The summed E-state index contributed by atoms with van der Waals surface area (Å²) in [6, 6.07) is 5.51. The van der Waals surface area contributed by atoms with E-state index in [9.17, 15) is 4.79 Å². The van der Waals surface area contributed by atoms with Gasteiger partial charge in [-0.3, -0.25) is 0 Å². The quantitative estimate of drug-likeness (QED) is 0.423. The molecule has 2 rings (SSSR count). The Kier molecular flexibility index (Phi) is 8.19. The molecule has 1 aromatic carbocycles. The first-order valence-electron chi connectivity index (χ1n) is 10.8. The monoisotopic (exact) mass is 489 g/mol. The van der Waals surface area contributed by atoms with E-state index < -0.39 is 19.5 Å². The Hall–Kier alpha value is -0.793. The molecule has 1 aliphatic heterocycles. The minimum absolute atomic E-state index is 0.111. The molecular weight excluding hydrogens is 453 g/mol. The van der Waals surface area contributed by atoms with E-state index in [1.807, 2.05) is 32.9 Å². The van der Waals surface area contributed by atoms with E-state index in [0.717, 1.165) is 5.56 Å². The van der Waals surface area contributed by atoms with Crippen molar-refractivity contribution >= 4 is 37.6 Å². The molecule has 176 valence electrons. The maximum Gasteiger partial charge on any atom is 0.410 e. The minimum Gasteiger partial charge on any atom is -0.444 e. The van der Waals surface area contributed by atoms with Crippen molar-refractivity contribution in [1.82, 2.24) is 4.90 Å². The number of benzene rings is 1. The highest BCUT2D eigenvalue weighted by molar-refractivity contribution is 6.74. The molecule has 1 atom stereocenters. The van der Waals surface area contributed by atoms with Gasteiger partial charge in [-0.1, -0.05) is 50.0 Å². The van der Waals surface area contributed by atoms with Gasteiger partial charge < -0.3 is 18.8 Å². The molecule has 1 saturated heterocycles. The molecule has 1 aliphatic rings. The maximum absolute atomic E-state index is 12.8. The highest BCUT2D eigenvalue weighted by Gasteiger charge is 2.43. The second-order valence-corrected chi connectivity index (χ2v) is 16.4. The van der Waals surface area contributed by atoms with Gasteiger partial charge in [-0.2, -0.15) is 0 Å². The van der Waals surface area contributed by atoms with Crippen LogP contribution in [0.15, 0.2) is 18.2 Å². The van der Waals surface area contributed by atoms with Gasteiger partial charge in [0.2, 0.25) is 0 Å². The van der Waals surface area contributed by atoms with Crippen molar-refractivity contribution in [1.29, 1.82) is 0 Å². The number of carbonyl (C=O) groups excluding carboxylic acids is 1. The second kappa shape index (κ2) is 9.60. The van der Waals surface area contributed by atoms with E-state index >= 15 is 0 Å². The lowest BCUT2D eigenvalue weighted by Crippen LogP contribution is -2.53. The molecule has 1 heterocycles. The predicted octanol–water partition coefficient (Wildman–Crippen LogP) is 6.87. The molecule has 0 bridgehead atoms. The maximum atomic E-state index is 12.8. The molecule has 1 unspecified atom stereocenters. The van der Waals surface area contributed by atoms with Crippen LogP contribution in [-0.2, 0) is 19.5 Å². The molecule has 0 saturated carbocycles. The van der Waals surface area contributed by atoms with E-state index in [-0.39, 0.29) is 11.1 Å². The van der Waals surface area contributed by atoms with Crippen molar-refractivity contribution < 1.29 is 18.7 Å². The Morgan fingerprint density at radius 3 is 2.35 bits per heavy atom. The zero-order chi connectivity index (χ0) is 23.7. The summed E-state index contributed by atoms with van der Waals surface area (Å²) in [5.41, 5.74) is -0.423. The standard InChI is InChI=1S/C23H37Cl2NO4Si/c1-21(2,3)30-20(27)26-12-14-28-23(16-26,17-9-10-18(24)19(25)15-17)11-13-29-31(7,8)22(4,5)6/h9-10,15H,11-14,16H2,1-8H3. The number of halogens is 2. The van der Waals surface area contributed by atoms with Crippen molar-refractivity contribution in [2.24, 2.45) is 0 Å². The van der Waals surface area contributed by atoms with Crippen LogP contribution < -0.4 is 0 Å². The largest absolute Gasteiger partial charge is 0.444 e. The number of nitrogens with zero attached hydrogens (tertiary/aromatic N) is 1. The fourth-order valence-electron chi connectivity index (χ4n) is 3.20. The van der Waals surface area contributed by atoms with E-state index in [4.69, 9.17) is 37.1 Å². The average molecular weight is 491 g/mol. The first-order chi connectivity index (χ1) is 14.1. The summed E-state index contributed by atoms with van der Waals surface area (Å²) in [6.45, 7) is 18.5. The van der Waals surface area contributed by atoms with Crippen molar-refractivity contribution in [2.75, 3.05) is 26.3 Å². The topological polar surface area (TPSA) is 48.0 Å². The molecule has 1 aromatic rings. The molecular formula is C23H37Cl2NO4Si. The van der Waals surface area contributed by atoms with Crippen LogP contribution in [0.3, 0.4) is 0 Å². The fourth-order valence-corrected chi connectivity index (χ4v) is 4.55. The fraction of sp³-hybridized carbons (Fsp3) is 0.696. The van der Waals surface area contributed by atoms with E-state index in [0.29, 0.717) is 42.8 Å². The molecule has 0 aromatic heterocycles. The molecule has 5 nitrogen and oxygen atoms in total. The molecule has 0 spiro atoms. The van der Waals surface area contributed by atoms with Gasteiger partial charge in [-0.15, -0.1) is 0 Å². The Labute approximate surface area is 198 Å². The van der Waals surface area contributed by atoms with Gasteiger partial charge in [0.1, 0.15) is 11.2 Å². The Morgan fingerprint density at radius 2 is 1.81 bits per heavy atom. The summed E-state index contributed by atoms with van der Waals surface area (Å²) in [5.74, 6) is 0. The van der Waals surface area contributed by atoms with Gasteiger partial charge >= 0.3 is 6.09 Å². The van der Waals surface area contributed by atoms with Crippen molar-refractivity contribution in [3.05, 3.63) is 33.8 Å². The summed E-state index contributed by atoms with van der Waals surface area (Å²) in [5, 5.41) is 1.06. The van der Waals surface area contributed by atoms with Gasteiger partial charge in [0.15, 0.2) is 8.32 Å². The summed E-state index contributed by atoms with van der Waals surface area (Å²) in [4.78, 5) is 14.5.